The minimum Gasteiger partial charge on any atom is -0.490 e. The van der Waals surface area contributed by atoms with Crippen LogP contribution in [0, 0.1) is 11.8 Å². The summed E-state index contributed by atoms with van der Waals surface area (Å²) in [6, 6.07) is 4.71. The lowest BCUT2D eigenvalue weighted by Crippen LogP contribution is -2.54. The Balaban J connectivity index is 1.38. The van der Waals surface area contributed by atoms with E-state index in [0.29, 0.717) is 50.9 Å². The van der Waals surface area contributed by atoms with E-state index in [1.165, 1.54) is 10.4 Å². The number of nitrogens with zero attached hydrogens (tertiary/aromatic N) is 3. The van der Waals surface area contributed by atoms with Crippen LogP contribution >= 0.6 is 0 Å². The molecule has 0 saturated carbocycles. The van der Waals surface area contributed by atoms with Crippen molar-refractivity contribution in [1.82, 2.24) is 14.1 Å². The van der Waals surface area contributed by atoms with Crippen LogP contribution < -0.4 is 9.47 Å². The number of carbonyl (C=O) groups excluding carboxylic acids is 2. The Morgan fingerprint density at radius 1 is 0.939 bits per heavy atom. The molecule has 182 valence electrons. The third kappa shape index (κ3) is 5.11. The first-order valence-electron chi connectivity index (χ1n) is 11.7. The maximum Gasteiger partial charge on any atom is 0.243 e. The molecule has 0 aromatic heterocycles. The molecule has 3 aliphatic rings. The van der Waals surface area contributed by atoms with Gasteiger partial charge in [-0.15, -0.1) is 0 Å². The Labute approximate surface area is 195 Å². The lowest BCUT2D eigenvalue weighted by molar-refractivity contribution is -0.143. The highest BCUT2D eigenvalue weighted by molar-refractivity contribution is 7.89. The molecule has 1 aromatic carbocycles. The summed E-state index contributed by atoms with van der Waals surface area (Å²) in [5, 5.41) is 0. The van der Waals surface area contributed by atoms with Gasteiger partial charge in [-0.1, -0.05) is 13.8 Å². The number of piperazine rings is 1. The highest BCUT2D eigenvalue weighted by Gasteiger charge is 2.35. The van der Waals surface area contributed by atoms with Crippen LogP contribution in [-0.4, -0.2) is 86.8 Å². The number of carbonyl (C=O) groups is 2. The summed E-state index contributed by atoms with van der Waals surface area (Å²) in [6.45, 7) is 7.08. The molecule has 2 amide bonds. The van der Waals surface area contributed by atoms with Gasteiger partial charge in [0.05, 0.1) is 24.0 Å². The first kappa shape index (κ1) is 23.8. The summed E-state index contributed by atoms with van der Waals surface area (Å²) in [5.41, 5.74) is 0. The van der Waals surface area contributed by atoms with Crippen LogP contribution in [0.1, 0.15) is 33.1 Å². The van der Waals surface area contributed by atoms with Crippen LogP contribution in [0.25, 0.3) is 0 Å². The quantitative estimate of drug-likeness (QED) is 0.651. The number of amides is 2. The van der Waals surface area contributed by atoms with Crippen LogP contribution in [0.15, 0.2) is 23.1 Å². The number of benzene rings is 1. The van der Waals surface area contributed by atoms with Crippen LogP contribution in [0.4, 0.5) is 0 Å². The molecule has 10 heteroatoms. The number of sulfonamides is 1. The fourth-order valence-electron chi connectivity index (χ4n) is 4.60. The van der Waals surface area contributed by atoms with Crippen molar-refractivity contribution in [3.63, 3.8) is 0 Å². The van der Waals surface area contributed by atoms with Crippen molar-refractivity contribution in [1.29, 1.82) is 0 Å². The number of likely N-dealkylation sites (tertiary alicyclic amines) is 1. The van der Waals surface area contributed by atoms with Crippen molar-refractivity contribution in [2.75, 3.05) is 52.5 Å². The second-order valence-electron chi connectivity index (χ2n) is 9.17. The molecule has 3 aliphatic heterocycles. The highest BCUT2D eigenvalue weighted by Crippen LogP contribution is 2.33. The van der Waals surface area contributed by atoms with E-state index >= 15 is 0 Å². The second-order valence-corrected chi connectivity index (χ2v) is 11.1. The van der Waals surface area contributed by atoms with Gasteiger partial charge in [-0.2, -0.15) is 4.31 Å². The molecule has 4 rings (SSSR count). The van der Waals surface area contributed by atoms with Gasteiger partial charge >= 0.3 is 0 Å². The number of hydrogen-bond donors (Lipinski definition) is 0. The maximum atomic E-state index is 13.2. The highest BCUT2D eigenvalue weighted by atomic mass is 32.2. The summed E-state index contributed by atoms with van der Waals surface area (Å²) in [6.07, 6.45) is 2.32. The zero-order valence-electron chi connectivity index (χ0n) is 19.4. The van der Waals surface area contributed by atoms with E-state index in [1.807, 2.05) is 13.8 Å². The predicted octanol–water partition coefficient (Wildman–Crippen LogP) is 1.58. The summed E-state index contributed by atoms with van der Waals surface area (Å²) in [7, 11) is -3.70. The minimum atomic E-state index is -3.70. The number of hydrogen-bond acceptors (Lipinski definition) is 6. The minimum absolute atomic E-state index is 0.0175. The summed E-state index contributed by atoms with van der Waals surface area (Å²) < 4.78 is 39.1. The van der Waals surface area contributed by atoms with Crippen molar-refractivity contribution in [3.8, 4) is 11.5 Å². The van der Waals surface area contributed by atoms with Gasteiger partial charge in [0.25, 0.3) is 0 Å². The van der Waals surface area contributed by atoms with Crippen LogP contribution in [0.5, 0.6) is 11.5 Å². The average Bonchev–Trinajstić information content (AvgIpc) is 3.08. The molecule has 0 N–H and O–H groups in total. The van der Waals surface area contributed by atoms with Gasteiger partial charge in [0.2, 0.25) is 21.8 Å². The van der Waals surface area contributed by atoms with E-state index in [-0.39, 0.29) is 41.6 Å². The SMILES string of the molecule is CC(C)C(=O)N1CCCC(C(=O)N2CCN(S(=O)(=O)c3ccc4c(c3)OCCCO4)CC2)C1. The van der Waals surface area contributed by atoms with E-state index in [0.717, 1.165) is 19.3 Å². The molecule has 2 fully saturated rings. The van der Waals surface area contributed by atoms with Gasteiger partial charge in [0, 0.05) is 57.7 Å². The largest absolute Gasteiger partial charge is 0.490 e. The Kier molecular flexibility index (Phi) is 7.13. The van der Waals surface area contributed by atoms with Crippen molar-refractivity contribution in [2.45, 2.75) is 38.0 Å². The Bertz CT molecular complexity index is 988. The van der Waals surface area contributed by atoms with E-state index in [2.05, 4.69) is 0 Å². The lowest BCUT2D eigenvalue weighted by atomic mass is 9.95. The molecule has 3 heterocycles. The molecule has 1 atom stereocenters. The molecule has 2 saturated heterocycles. The van der Waals surface area contributed by atoms with Gasteiger partial charge in [0.1, 0.15) is 0 Å². The predicted molar refractivity (Wildman–Crippen MR) is 122 cm³/mol. The summed E-state index contributed by atoms with van der Waals surface area (Å²) in [5.74, 6) is 0.797. The maximum absolute atomic E-state index is 13.2. The number of piperidine rings is 1. The van der Waals surface area contributed by atoms with Crippen molar-refractivity contribution >= 4 is 21.8 Å². The van der Waals surface area contributed by atoms with Gasteiger partial charge in [0.15, 0.2) is 11.5 Å². The molecule has 0 spiro atoms. The van der Waals surface area contributed by atoms with E-state index in [1.54, 1.807) is 21.9 Å². The number of fused-ring (bicyclic) bond motifs is 1. The van der Waals surface area contributed by atoms with Gasteiger partial charge < -0.3 is 19.3 Å². The van der Waals surface area contributed by atoms with E-state index < -0.39 is 10.0 Å². The molecule has 0 bridgehead atoms. The molecular formula is C23H33N3O6S. The van der Waals surface area contributed by atoms with E-state index in [9.17, 15) is 18.0 Å². The van der Waals surface area contributed by atoms with Crippen LogP contribution in [0.2, 0.25) is 0 Å². The van der Waals surface area contributed by atoms with Gasteiger partial charge in [-0.25, -0.2) is 8.42 Å². The van der Waals surface area contributed by atoms with Crippen molar-refractivity contribution in [3.05, 3.63) is 18.2 Å². The van der Waals surface area contributed by atoms with Gasteiger partial charge in [-0.05, 0) is 25.0 Å². The third-order valence-corrected chi connectivity index (χ3v) is 8.38. The molecule has 33 heavy (non-hydrogen) atoms. The summed E-state index contributed by atoms with van der Waals surface area (Å²) >= 11 is 0. The van der Waals surface area contributed by atoms with Crippen LogP contribution in [0.3, 0.4) is 0 Å². The van der Waals surface area contributed by atoms with Gasteiger partial charge in [-0.3, -0.25) is 9.59 Å². The van der Waals surface area contributed by atoms with Crippen molar-refractivity contribution in [2.24, 2.45) is 11.8 Å². The average molecular weight is 480 g/mol. The smallest absolute Gasteiger partial charge is 0.243 e. The number of rotatable bonds is 4. The standard InChI is InChI=1S/C23H33N3O6S/c1-17(2)22(27)25-8-3-5-18(16-25)23(28)24-9-11-26(12-10-24)33(29,30)19-6-7-20-21(15-19)32-14-4-13-31-20/h6-7,15,17-18H,3-5,8-14,16H2,1-2H3. The molecule has 9 nitrogen and oxygen atoms in total. The Morgan fingerprint density at radius 3 is 2.33 bits per heavy atom. The Hall–Kier alpha value is -2.33. The molecule has 0 aliphatic carbocycles. The van der Waals surface area contributed by atoms with Crippen LogP contribution in [-0.2, 0) is 19.6 Å². The fourth-order valence-corrected chi connectivity index (χ4v) is 6.04. The second kappa shape index (κ2) is 9.89. The first-order valence-corrected chi connectivity index (χ1v) is 13.2. The lowest BCUT2D eigenvalue weighted by Gasteiger charge is -2.39. The molecule has 0 radical (unpaired) electrons. The molecule has 1 aromatic rings. The molecular weight excluding hydrogens is 446 g/mol. The fraction of sp³-hybridized carbons (Fsp3) is 0.652. The first-order chi connectivity index (χ1) is 15.8. The number of ether oxygens (including phenoxy) is 2. The summed E-state index contributed by atoms with van der Waals surface area (Å²) in [4.78, 5) is 29.2. The molecule has 1 unspecified atom stereocenters. The monoisotopic (exact) mass is 479 g/mol. The zero-order chi connectivity index (χ0) is 23.6. The van der Waals surface area contributed by atoms with Crippen molar-refractivity contribution < 1.29 is 27.5 Å². The zero-order valence-corrected chi connectivity index (χ0v) is 20.2. The topological polar surface area (TPSA) is 96.5 Å². The third-order valence-electron chi connectivity index (χ3n) is 6.48. The van der Waals surface area contributed by atoms with E-state index in [4.69, 9.17) is 9.47 Å². The normalized spacial score (nSPS) is 22.2. The Morgan fingerprint density at radius 2 is 1.64 bits per heavy atom.